The van der Waals surface area contributed by atoms with Crippen LogP contribution in [0, 0.1) is 13.8 Å². The number of nitrogens with zero attached hydrogens (tertiary/aromatic N) is 4. The van der Waals surface area contributed by atoms with Gasteiger partial charge in [0, 0.05) is 23.5 Å². The zero-order valence-corrected chi connectivity index (χ0v) is 14.3. The molecule has 1 N–H and O–H groups in total. The molecule has 0 bridgehead atoms. The summed E-state index contributed by atoms with van der Waals surface area (Å²) in [5.74, 6) is 0.910. The molecule has 25 heavy (non-hydrogen) atoms. The van der Waals surface area contributed by atoms with Crippen molar-refractivity contribution in [1.29, 1.82) is 0 Å². The Labute approximate surface area is 146 Å². The highest BCUT2D eigenvalue weighted by Gasteiger charge is 2.13. The Kier molecular flexibility index (Phi) is 3.90. The molecule has 4 aromatic rings. The van der Waals surface area contributed by atoms with Gasteiger partial charge >= 0.3 is 0 Å². The summed E-state index contributed by atoms with van der Waals surface area (Å²) in [5, 5.41) is 7.98. The first-order chi connectivity index (χ1) is 12.2. The second-order valence-corrected chi connectivity index (χ2v) is 6.07. The summed E-state index contributed by atoms with van der Waals surface area (Å²) >= 11 is 0. The van der Waals surface area contributed by atoms with E-state index >= 15 is 0 Å². The van der Waals surface area contributed by atoms with E-state index < -0.39 is 0 Å². The predicted molar refractivity (Wildman–Crippen MR) is 99.5 cm³/mol. The Morgan fingerprint density at radius 1 is 1.00 bits per heavy atom. The van der Waals surface area contributed by atoms with Crippen LogP contribution in [0.15, 0.2) is 60.9 Å². The number of rotatable bonds is 4. The van der Waals surface area contributed by atoms with E-state index in [2.05, 4.69) is 34.5 Å². The van der Waals surface area contributed by atoms with E-state index in [-0.39, 0.29) is 0 Å². The van der Waals surface area contributed by atoms with Crippen molar-refractivity contribution in [2.24, 2.45) is 0 Å². The molecule has 4 rings (SSSR count). The average Bonchev–Trinajstić information content (AvgIpc) is 3.04. The summed E-state index contributed by atoms with van der Waals surface area (Å²) < 4.78 is 1.86. The van der Waals surface area contributed by atoms with Gasteiger partial charge in [-0.15, -0.1) is 0 Å². The van der Waals surface area contributed by atoms with Crippen LogP contribution >= 0.6 is 0 Å². The Morgan fingerprint density at radius 3 is 2.64 bits per heavy atom. The number of aromatic nitrogens is 4. The number of hydrogen-bond donors (Lipinski definition) is 1. The molecule has 5 nitrogen and oxygen atoms in total. The molecule has 3 heterocycles. The SMILES string of the molecule is Cc1cc(NCc2ccccn2)n2ncc(-c3ccccc3C)c2n1. The molecule has 0 saturated carbocycles. The van der Waals surface area contributed by atoms with Crippen LogP contribution in [-0.4, -0.2) is 19.6 Å². The number of pyridine rings is 1. The Bertz CT molecular complexity index is 1020. The van der Waals surface area contributed by atoms with Crippen LogP contribution in [0.2, 0.25) is 0 Å². The predicted octanol–water partition coefficient (Wildman–Crippen LogP) is 4.02. The van der Waals surface area contributed by atoms with Crippen LogP contribution in [0.4, 0.5) is 5.82 Å². The van der Waals surface area contributed by atoms with Gasteiger partial charge in [-0.05, 0) is 37.1 Å². The summed E-state index contributed by atoms with van der Waals surface area (Å²) in [7, 11) is 0. The Hall–Kier alpha value is -3.21. The molecule has 0 fully saturated rings. The lowest BCUT2D eigenvalue weighted by Gasteiger charge is -2.10. The van der Waals surface area contributed by atoms with E-state index in [0.29, 0.717) is 6.54 Å². The number of aryl methyl sites for hydroxylation is 2. The van der Waals surface area contributed by atoms with Crippen molar-refractivity contribution in [3.05, 3.63) is 77.9 Å². The second-order valence-electron chi connectivity index (χ2n) is 6.07. The lowest BCUT2D eigenvalue weighted by atomic mass is 10.0. The number of benzene rings is 1. The molecule has 3 aromatic heterocycles. The first-order valence-corrected chi connectivity index (χ1v) is 8.27. The molecule has 0 aliphatic carbocycles. The van der Waals surface area contributed by atoms with Gasteiger partial charge < -0.3 is 5.32 Å². The van der Waals surface area contributed by atoms with Gasteiger partial charge in [-0.3, -0.25) is 4.98 Å². The summed E-state index contributed by atoms with van der Waals surface area (Å²) in [5.41, 5.74) is 6.21. The van der Waals surface area contributed by atoms with E-state index in [0.717, 1.165) is 34.0 Å². The van der Waals surface area contributed by atoms with E-state index in [4.69, 9.17) is 4.98 Å². The number of anilines is 1. The van der Waals surface area contributed by atoms with Gasteiger partial charge in [-0.25, -0.2) is 4.98 Å². The van der Waals surface area contributed by atoms with Crippen molar-refractivity contribution in [3.8, 4) is 11.1 Å². The summed E-state index contributed by atoms with van der Waals surface area (Å²) in [4.78, 5) is 9.07. The molecule has 0 amide bonds. The fourth-order valence-electron chi connectivity index (χ4n) is 2.96. The van der Waals surface area contributed by atoms with E-state index in [1.165, 1.54) is 5.56 Å². The van der Waals surface area contributed by atoms with Crippen LogP contribution in [0.25, 0.3) is 16.8 Å². The molecule has 1 aromatic carbocycles. The highest BCUT2D eigenvalue weighted by Crippen LogP contribution is 2.28. The quantitative estimate of drug-likeness (QED) is 0.614. The first-order valence-electron chi connectivity index (χ1n) is 8.27. The van der Waals surface area contributed by atoms with Gasteiger partial charge in [0.25, 0.3) is 0 Å². The minimum atomic E-state index is 0.638. The highest BCUT2D eigenvalue weighted by molar-refractivity contribution is 5.80. The molecule has 0 atom stereocenters. The van der Waals surface area contributed by atoms with E-state index in [1.54, 1.807) is 6.20 Å². The standard InChI is InChI=1S/C20H19N5/c1-14-7-3-4-9-17(14)18-13-23-25-19(11-15(2)24-20(18)25)22-12-16-8-5-6-10-21-16/h3-11,13,22H,12H2,1-2H3. The number of hydrogen-bond acceptors (Lipinski definition) is 4. The highest BCUT2D eigenvalue weighted by atomic mass is 15.3. The Morgan fingerprint density at radius 2 is 1.84 bits per heavy atom. The molecule has 5 heteroatoms. The normalized spacial score (nSPS) is 11.0. The van der Waals surface area contributed by atoms with Crippen LogP contribution in [0.3, 0.4) is 0 Å². The fraction of sp³-hybridized carbons (Fsp3) is 0.150. The maximum absolute atomic E-state index is 4.71. The van der Waals surface area contributed by atoms with Crippen molar-refractivity contribution in [2.75, 3.05) is 5.32 Å². The molecule has 124 valence electrons. The van der Waals surface area contributed by atoms with Gasteiger partial charge in [-0.1, -0.05) is 30.3 Å². The monoisotopic (exact) mass is 329 g/mol. The van der Waals surface area contributed by atoms with Crippen LogP contribution in [-0.2, 0) is 6.54 Å². The third-order valence-corrected chi connectivity index (χ3v) is 4.21. The van der Waals surface area contributed by atoms with Crippen LogP contribution in [0.5, 0.6) is 0 Å². The zero-order chi connectivity index (χ0) is 17.2. The van der Waals surface area contributed by atoms with Gasteiger partial charge in [0.05, 0.1) is 18.4 Å². The van der Waals surface area contributed by atoms with Crippen molar-refractivity contribution in [3.63, 3.8) is 0 Å². The van der Waals surface area contributed by atoms with Gasteiger partial charge in [0.2, 0.25) is 0 Å². The van der Waals surface area contributed by atoms with E-state index in [1.807, 2.05) is 54.0 Å². The lowest BCUT2D eigenvalue weighted by Crippen LogP contribution is -2.07. The third kappa shape index (κ3) is 2.96. The summed E-state index contributed by atoms with van der Waals surface area (Å²) in [6, 6.07) is 16.2. The smallest absolute Gasteiger partial charge is 0.165 e. The van der Waals surface area contributed by atoms with Gasteiger partial charge in [-0.2, -0.15) is 9.61 Å². The van der Waals surface area contributed by atoms with Crippen molar-refractivity contribution < 1.29 is 0 Å². The van der Waals surface area contributed by atoms with Gasteiger partial charge in [0.1, 0.15) is 5.82 Å². The Balaban J connectivity index is 1.75. The lowest BCUT2D eigenvalue weighted by molar-refractivity contribution is 0.909. The molecule has 0 unspecified atom stereocenters. The molecule has 0 spiro atoms. The van der Waals surface area contributed by atoms with Crippen LogP contribution in [0.1, 0.15) is 17.0 Å². The van der Waals surface area contributed by atoms with Crippen molar-refractivity contribution in [2.45, 2.75) is 20.4 Å². The average molecular weight is 329 g/mol. The molecule has 0 saturated heterocycles. The fourth-order valence-corrected chi connectivity index (χ4v) is 2.96. The molecular formula is C20H19N5. The molecular weight excluding hydrogens is 310 g/mol. The maximum atomic E-state index is 4.71. The van der Waals surface area contributed by atoms with Crippen LogP contribution < -0.4 is 5.32 Å². The van der Waals surface area contributed by atoms with Crippen molar-refractivity contribution >= 4 is 11.5 Å². The molecule has 0 radical (unpaired) electrons. The minimum Gasteiger partial charge on any atom is -0.364 e. The number of fused-ring (bicyclic) bond motifs is 1. The summed E-state index contributed by atoms with van der Waals surface area (Å²) in [6.45, 7) is 4.74. The molecule has 0 aliphatic heterocycles. The van der Waals surface area contributed by atoms with Crippen molar-refractivity contribution in [1.82, 2.24) is 19.6 Å². The first kappa shape index (κ1) is 15.3. The minimum absolute atomic E-state index is 0.638. The largest absolute Gasteiger partial charge is 0.364 e. The zero-order valence-electron chi connectivity index (χ0n) is 14.3. The summed E-state index contributed by atoms with van der Waals surface area (Å²) in [6.07, 6.45) is 3.69. The third-order valence-electron chi connectivity index (χ3n) is 4.21. The topological polar surface area (TPSA) is 55.1 Å². The molecule has 0 aliphatic rings. The second kappa shape index (κ2) is 6.36. The van der Waals surface area contributed by atoms with E-state index in [9.17, 15) is 0 Å². The maximum Gasteiger partial charge on any atom is 0.165 e. The van der Waals surface area contributed by atoms with Gasteiger partial charge in [0.15, 0.2) is 5.65 Å². The number of nitrogens with one attached hydrogen (secondary N) is 1.